The Balaban J connectivity index is 3.15. The van der Waals surface area contributed by atoms with Crippen molar-refractivity contribution in [1.29, 1.82) is 0 Å². The number of aliphatic imine (C=N–C) groups is 1. The van der Waals surface area contributed by atoms with E-state index in [4.69, 9.17) is 5.14 Å². The first-order chi connectivity index (χ1) is 8.42. The van der Waals surface area contributed by atoms with Crippen LogP contribution in [0.4, 0.5) is 8.78 Å². The van der Waals surface area contributed by atoms with Crippen LogP contribution in [-0.4, -0.2) is 57.4 Å². The molecule has 0 aromatic heterocycles. The van der Waals surface area contributed by atoms with Gasteiger partial charge in [-0.2, -0.15) is 22.6 Å². The molecule has 1 atom stereocenters. The lowest BCUT2D eigenvalue weighted by Crippen LogP contribution is -2.58. The van der Waals surface area contributed by atoms with Gasteiger partial charge < -0.3 is 0 Å². The number of hydrogen-bond acceptors (Lipinski definition) is 6. The van der Waals surface area contributed by atoms with Crippen LogP contribution >= 0.6 is 0 Å². The van der Waals surface area contributed by atoms with Crippen LogP contribution in [0.2, 0.25) is 0 Å². The third-order valence-corrected chi connectivity index (χ3v) is 5.18. The Morgan fingerprint density at radius 3 is 2.32 bits per heavy atom. The number of nitrogens with one attached hydrogen (secondary N) is 1. The lowest BCUT2D eigenvalue weighted by molar-refractivity contribution is 0.110. The maximum Gasteiger partial charge on any atom is 0.318 e. The van der Waals surface area contributed by atoms with Gasteiger partial charge in [-0.15, -0.1) is 0 Å². The molecule has 1 rings (SSSR count). The van der Waals surface area contributed by atoms with Gasteiger partial charge in [0.15, 0.2) is 0 Å². The van der Waals surface area contributed by atoms with Crippen LogP contribution in [0, 0.1) is 0 Å². The van der Waals surface area contributed by atoms with E-state index in [0.29, 0.717) is 10.8 Å². The van der Waals surface area contributed by atoms with E-state index in [1.165, 1.54) is 14.1 Å². The van der Waals surface area contributed by atoms with E-state index in [1.807, 2.05) is 5.43 Å². The van der Waals surface area contributed by atoms with Crippen LogP contribution in [0.3, 0.4) is 0 Å². The van der Waals surface area contributed by atoms with Crippen molar-refractivity contribution in [3.05, 3.63) is 0 Å². The number of primary sulfonamides is 1. The molecule has 0 saturated carbocycles. The molecule has 19 heavy (non-hydrogen) atoms. The summed E-state index contributed by atoms with van der Waals surface area (Å²) >= 11 is 0. The summed E-state index contributed by atoms with van der Waals surface area (Å²) in [5.74, 6) is 0. The van der Waals surface area contributed by atoms with E-state index < -0.39 is 38.1 Å². The molecule has 0 spiro atoms. The summed E-state index contributed by atoms with van der Waals surface area (Å²) < 4.78 is 72.1. The van der Waals surface area contributed by atoms with Crippen LogP contribution in [0.25, 0.3) is 0 Å². The largest absolute Gasteiger partial charge is 0.318 e. The highest BCUT2D eigenvalue weighted by Gasteiger charge is 2.50. The average Bonchev–Trinajstić information content (AvgIpc) is 2.61. The van der Waals surface area contributed by atoms with Crippen molar-refractivity contribution in [1.82, 2.24) is 14.1 Å². The van der Waals surface area contributed by atoms with Gasteiger partial charge in [-0.25, -0.2) is 27.3 Å². The molecule has 0 amide bonds. The highest BCUT2D eigenvalue weighted by atomic mass is 32.2. The highest BCUT2D eigenvalue weighted by molar-refractivity contribution is 7.90. The normalized spacial score (nSPS) is 24.7. The minimum absolute atomic E-state index is 0.319. The summed E-state index contributed by atoms with van der Waals surface area (Å²) in [5.41, 5.74) is 1.89. The van der Waals surface area contributed by atoms with Gasteiger partial charge in [-0.3, -0.25) is 0 Å². The minimum atomic E-state index is -4.59. The smallest absolute Gasteiger partial charge is 0.232 e. The first kappa shape index (κ1) is 16.2. The summed E-state index contributed by atoms with van der Waals surface area (Å²) in [7, 11) is -6.34. The maximum absolute atomic E-state index is 12.4. The molecule has 3 N–H and O–H groups in total. The number of nitrogens with zero attached hydrogens (tertiary/aromatic N) is 3. The van der Waals surface area contributed by atoms with E-state index >= 15 is 0 Å². The molecule has 0 aromatic carbocycles. The molecule has 1 heterocycles. The molecule has 1 unspecified atom stereocenters. The molecule has 13 heteroatoms. The zero-order valence-electron chi connectivity index (χ0n) is 9.99. The molecule has 9 nitrogen and oxygen atoms in total. The Morgan fingerprint density at radius 2 is 1.95 bits per heavy atom. The third-order valence-electron chi connectivity index (χ3n) is 2.27. The third kappa shape index (κ3) is 3.00. The number of halogens is 2. The zero-order valence-corrected chi connectivity index (χ0v) is 11.6. The number of hydrogen-bond donors (Lipinski definition) is 2. The molecule has 0 aliphatic carbocycles. The standard InChI is InChI=1S/C6H13F2N5O4S2/c1-12(2)19(16,17)13-4-10-6(11-13,3-5(7)8)18(9,14)15/h4-5,11H,3H2,1-2H3,(H2,9,14,15). The van der Waals surface area contributed by atoms with Gasteiger partial charge in [0, 0.05) is 14.1 Å². The molecule has 0 aromatic rings. The second kappa shape index (κ2) is 4.90. The number of sulfonamides is 1. The van der Waals surface area contributed by atoms with Crippen LogP contribution in [0.15, 0.2) is 4.99 Å². The van der Waals surface area contributed by atoms with Crippen molar-refractivity contribution in [3.63, 3.8) is 0 Å². The van der Waals surface area contributed by atoms with E-state index in [1.54, 1.807) is 0 Å². The molecule has 112 valence electrons. The van der Waals surface area contributed by atoms with Crippen LogP contribution in [0.5, 0.6) is 0 Å². The predicted octanol–water partition coefficient (Wildman–Crippen LogP) is -1.76. The zero-order chi connectivity index (χ0) is 15.1. The van der Waals surface area contributed by atoms with Gasteiger partial charge in [0.2, 0.25) is 6.43 Å². The molecule has 1 aliphatic rings. The SMILES string of the molecule is CN(C)S(=O)(=O)N1C=NC(CC(F)F)(S(N)(=O)=O)N1. The van der Waals surface area contributed by atoms with E-state index in [0.717, 1.165) is 4.31 Å². The second-order valence-electron chi connectivity index (χ2n) is 3.87. The molecular formula is C6H13F2N5O4S2. The van der Waals surface area contributed by atoms with Crippen molar-refractivity contribution >= 4 is 26.6 Å². The lowest BCUT2D eigenvalue weighted by Gasteiger charge is -2.27. The molecule has 0 saturated heterocycles. The minimum Gasteiger partial charge on any atom is -0.232 e. The summed E-state index contributed by atoms with van der Waals surface area (Å²) in [6.07, 6.45) is -3.74. The topological polar surface area (TPSA) is 125 Å². The fourth-order valence-electron chi connectivity index (χ4n) is 1.23. The number of alkyl halides is 2. The summed E-state index contributed by atoms with van der Waals surface area (Å²) in [6, 6.07) is 0. The second-order valence-corrected chi connectivity index (χ2v) is 7.65. The quantitative estimate of drug-likeness (QED) is 0.620. The predicted molar refractivity (Wildman–Crippen MR) is 62.5 cm³/mol. The molecule has 0 fully saturated rings. The Labute approximate surface area is 109 Å². The summed E-state index contributed by atoms with van der Waals surface area (Å²) in [6.45, 7) is 0. The molecule has 0 radical (unpaired) electrons. The van der Waals surface area contributed by atoms with Gasteiger partial charge >= 0.3 is 10.2 Å². The van der Waals surface area contributed by atoms with E-state index in [-0.39, 0.29) is 0 Å². The average molecular weight is 321 g/mol. The Bertz CT molecular complexity index is 574. The Kier molecular flexibility index (Phi) is 4.17. The summed E-state index contributed by atoms with van der Waals surface area (Å²) in [4.78, 5) is 0.707. The van der Waals surface area contributed by atoms with Gasteiger partial charge in [-0.1, -0.05) is 0 Å². The first-order valence-corrected chi connectivity index (χ1v) is 7.72. The molecular weight excluding hydrogens is 308 g/mol. The van der Waals surface area contributed by atoms with Crippen molar-refractivity contribution in [2.75, 3.05) is 14.1 Å². The lowest BCUT2D eigenvalue weighted by atomic mass is 10.3. The first-order valence-electron chi connectivity index (χ1n) is 4.78. The highest BCUT2D eigenvalue weighted by Crippen LogP contribution is 2.27. The van der Waals surface area contributed by atoms with Crippen molar-refractivity contribution in [3.8, 4) is 0 Å². The van der Waals surface area contributed by atoms with Gasteiger partial charge in [0.1, 0.15) is 6.34 Å². The fourth-order valence-corrected chi connectivity index (χ4v) is 2.85. The van der Waals surface area contributed by atoms with Crippen LogP contribution < -0.4 is 10.6 Å². The van der Waals surface area contributed by atoms with Gasteiger partial charge in [-0.05, 0) is 0 Å². The number of rotatable bonds is 5. The van der Waals surface area contributed by atoms with Crippen molar-refractivity contribution in [2.45, 2.75) is 17.8 Å². The van der Waals surface area contributed by atoms with Crippen molar-refractivity contribution < 1.29 is 25.6 Å². The van der Waals surface area contributed by atoms with Crippen molar-refractivity contribution in [2.24, 2.45) is 10.1 Å². The fraction of sp³-hybridized carbons (Fsp3) is 0.833. The number of nitrogens with two attached hydrogens (primary N) is 1. The Hall–Kier alpha value is -0.890. The van der Waals surface area contributed by atoms with Gasteiger partial charge in [0.25, 0.3) is 15.0 Å². The monoisotopic (exact) mass is 321 g/mol. The van der Waals surface area contributed by atoms with Crippen LogP contribution in [0.1, 0.15) is 6.42 Å². The number of hydrazine groups is 1. The molecule has 0 bridgehead atoms. The Morgan fingerprint density at radius 1 is 1.42 bits per heavy atom. The molecule has 1 aliphatic heterocycles. The summed E-state index contributed by atoms with van der Waals surface area (Å²) in [5, 5.41) is 4.83. The van der Waals surface area contributed by atoms with E-state index in [9.17, 15) is 25.6 Å². The van der Waals surface area contributed by atoms with Crippen LogP contribution in [-0.2, 0) is 20.2 Å². The van der Waals surface area contributed by atoms with E-state index in [2.05, 4.69) is 4.99 Å². The maximum atomic E-state index is 12.4. The van der Waals surface area contributed by atoms with Gasteiger partial charge in [0.05, 0.1) is 6.42 Å².